The number of hydroxylamine groups is 1. The molecular weight excluding hydrogens is 472 g/mol. The molecule has 3 aromatic carbocycles. The van der Waals surface area contributed by atoms with Gasteiger partial charge in [-0.2, -0.15) is 0 Å². The Hall–Kier alpha value is -3.59. The predicted molar refractivity (Wildman–Crippen MR) is 153 cm³/mol. The average Bonchev–Trinajstić information content (AvgIpc) is 2.90. The first-order chi connectivity index (χ1) is 17.9. The molecule has 1 aliphatic carbocycles. The summed E-state index contributed by atoms with van der Waals surface area (Å²) in [7, 11) is 2.12. The molecule has 1 amide bonds. The van der Waals surface area contributed by atoms with Gasteiger partial charge in [0.25, 0.3) is 5.91 Å². The van der Waals surface area contributed by atoms with Crippen LogP contribution in [0.3, 0.4) is 0 Å². The molecule has 4 rings (SSSR count). The first-order valence-electron chi connectivity index (χ1n) is 13.1. The third-order valence-corrected chi connectivity index (χ3v) is 7.79. The number of nitrogens with one attached hydrogen (secondary N) is 1. The zero-order chi connectivity index (χ0) is 27.7. The number of fused-ring (bicyclic) bond motifs is 1. The highest BCUT2D eigenvalue weighted by molar-refractivity contribution is 5.93. The smallest absolute Gasteiger partial charge is 0.274 e. The summed E-state index contributed by atoms with van der Waals surface area (Å²) in [5.74, 6) is 5.44. The van der Waals surface area contributed by atoms with E-state index in [0.717, 1.165) is 30.6 Å². The van der Waals surface area contributed by atoms with E-state index in [1.54, 1.807) is 29.7 Å². The highest BCUT2D eigenvalue weighted by atomic mass is 16.5. The molecule has 3 N–H and O–H groups in total. The van der Waals surface area contributed by atoms with Crippen molar-refractivity contribution in [3.8, 4) is 11.8 Å². The van der Waals surface area contributed by atoms with Gasteiger partial charge in [0, 0.05) is 30.4 Å². The minimum atomic E-state index is -0.965. The molecule has 0 saturated carbocycles. The Morgan fingerprint density at radius 3 is 2.26 bits per heavy atom. The van der Waals surface area contributed by atoms with Crippen LogP contribution in [0, 0.1) is 18.8 Å². The Kier molecular flexibility index (Phi) is 7.69. The third-order valence-electron chi connectivity index (χ3n) is 7.79. The van der Waals surface area contributed by atoms with Crippen molar-refractivity contribution >= 4 is 11.6 Å². The van der Waals surface area contributed by atoms with Crippen molar-refractivity contribution in [2.24, 2.45) is 0 Å². The van der Waals surface area contributed by atoms with Gasteiger partial charge in [0.05, 0.1) is 0 Å². The molecule has 1 unspecified atom stereocenters. The SMILES string of the molecule is Cc1ccc(CN(C)c2cc(C(O)C#Cc3ccc(C(=O)NO)cc3)cc3c2C(C)(C)CCC3(C)C)cc1. The van der Waals surface area contributed by atoms with Crippen molar-refractivity contribution in [3.05, 3.63) is 99.6 Å². The van der Waals surface area contributed by atoms with Crippen LogP contribution >= 0.6 is 0 Å². The first-order valence-corrected chi connectivity index (χ1v) is 13.1. The molecule has 0 bridgehead atoms. The minimum Gasteiger partial charge on any atom is -0.376 e. The maximum absolute atomic E-state index is 11.6. The summed E-state index contributed by atoms with van der Waals surface area (Å²) in [6, 6.07) is 19.5. The van der Waals surface area contributed by atoms with Gasteiger partial charge >= 0.3 is 0 Å². The number of carbonyl (C=O) groups is 1. The molecule has 3 aromatic rings. The van der Waals surface area contributed by atoms with Gasteiger partial charge in [-0.1, -0.05) is 75.4 Å². The Balaban J connectivity index is 1.74. The lowest BCUT2D eigenvalue weighted by Crippen LogP contribution is -2.36. The fourth-order valence-electron chi connectivity index (χ4n) is 5.29. The van der Waals surface area contributed by atoms with Crippen molar-refractivity contribution in [2.45, 2.75) is 70.9 Å². The van der Waals surface area contributed by atoms with Crippen LogP contribution in [0.1, 0.15) is 90.4 Å². The van der Waals surface area contributed by atoms with E-state index < -0.39 is 12.0 Å². The standard InChI is InChI=1S/C33H38N2O3/c1-22-7-9-24(10-8-22)21-35(6)28-20-26(19-27-30(28)33(4,5)18-17-32(27,2)3)29(36)16-13-23-11-14-25(15-12-23)31(37)34-38/h7-12,14-15,19-20,29,36,38H,17-18,21H2,1-6H3,(H,34,37). The van der Waals surface area contributed by atoms with Gasteiger partial charge in [0.15, 0.2) is 0 Å². The van der Waals surface area contributed by atoms with Gasteiger partial charge in [-0.05, 0) is 83.2 Å². The van der Waals surface area contributed by atoms with Gasteiger partial charge in [0.2, 0.25) is 0 Å². The maximum atomic E-state index is 11.6. The van der Waals surface area contributed by atoms with Crippen LogP contribution in [-0.2, 0) is 17.4 Å². The van der Waals surface area contributed by atoms with Crippen LogP contribution in [0.25, 0.3) is 0 Å². The number of anilines is 1. The molecule has 5 heteroatoms. The van der Waals surface area contributed by atoms with Crippen LogP contribution in [0.5, 0.6) is 0 Å². The quantitative estimate of drug-likeness (QED) is 0.218. The highest BCUT2D eigenvalue weighted by Gasteiger charge is 2.40. The first kappa shape index (κ1) is 27.4. The van der Waals surface area contributed by atoms with Gasteiger partial charge in [-0.25, -0.2) is 5.48 Å². The van der Waals surface area contributed by atoms with E-state index in [0.29, 0.717) is 11.1 Å². The third kappa shape index (κ3) is 5.78. The second-order valence-electron chi connectivity index (χ2n) is 11.8. The monoisotopic (exact) mass is 510 g/mol. The van der Waals surface area contributed by atoms with E-state index >= 15 is 0 Å². The molecule has 0 heterocycles. The molecule has 0 aromatic heterocycles. The summed E-state index contributed by atoms with van der Waals surface area (Å²) in [4.78, 5) is 13.9. The lowest BCUT2D eigenvalue weighted by molar-refractivity contribution is 0.0706. The van der Waals surface area contributed by atoms with Crippen LogP contribution < -0.4 is 10.4 Å². The zero-order valence-electron chi connectivity index (χ0n) is 23.2. The second-order valence-corrected chi connectivity index (χ2v) is 11.8. The normalized spacial score (nSPS) is 16.0. The van der Waals surface area contributed by atoms with E-state index in [-0.39, 0.29) is 10.8 Å². The number of benzene rings is 3. The second kappa shape index (κ2) is 10.6. The number of hydrogen-bond acceptors (Lipinski definition) is 4. The molecule has 0 fully saturated rings. The Labute approximate surface area is 226 Å². The average molecular weight is 511 g/mol. The molecule has 1 aliphatic rings. The molecule has 198 valence electrons. The van der Waals surface area contributed by atoms with E-state index in [4.69, 9.17) is 5.21 Å². The zero-order valence-corrected chi connectivity index (χ0v) is 23.2. The van der Waals surface area contributed by atoms with E-state index in [1.807, 2.05) is 0 Å². The number of aliphatic hydroxyl groups excluding tert-OH is 1. The largest absolute Gasteiger partial charge is 0.376 e. The fraction of sp³-hybridized carbons (Fsp3) is 0.364. The lowest BCUT2D eigenvalue weighted by Gasteiger charge is -2.44. The van der Waals surface area contributed by atoms with Crippen molar-refractivity contribution < 1.29 is 15.1 Å². The number of amides is 1. The molecule has 5 nitrogen and oxygen atoms in total. The van der Waals surface area contributed by atoms with E-state index in [9.17, 15) is 9.90 Å². The molecule has 0 aliphatic heterocycles. The number of aliphatic hydroxyl groups is 1. The van der Waals surface area contributed by atoms with Gasteiger partial charge in [-0.15, -0.1) is 0 Å². The Morgan fingerprint density at radius 1 is 1.00 bits per heavy atom. The number of rotatable bonds is 5. The molecule has 1 atom stereocenters. The summed E-state index contributed by atoms with van der Waals surface area (Å²) < 4.78 is 0. The summed E-state index contributed by atoms with van der Waals surface area (Å²) in [6.45, 7) is 12.1. The van der Waals surface area contributed by atoms with Gasteiger partial charge in [-0.3, -0.25) is 10.0 Å². The van der Waals surface area contributed by atoms with E-state index in [2.05, 4.69) is 94.8 Å². The van der Waals surface area contributed by atoms with Crippen molar-refractivity contribution in [2.75, 3.05) is 11.9 Å². The van der Waals surface area contributed by atoms with Crippen molar-refractivity contribution in [3.63, 3.8) is 0 Å². The summed E-state index contributed by atoms with van der Waals surface area (Å²) >= 11 is 0. The number of carbonyl (C=O) groups excluding carboxylic acids is 1. The predicted octanol–water partition coefficient (Wildman–Crippen LogP) is 6.18. The van der Waals surface area contributed by atoms with Crippen LogP contribution in [0.15, 0.2) is 60.7 Å². The molecule has 0 spiro atoms. The highest BCUT2D eigenvalue weighted by Crippen LogP contribution is 2.50. The van der Waals surface area contributed by atoms with Crippen LogP contribution in [-0.4, -0.2) is 23.3 Å². The van der Waals surface area contributed by atoms with Gasteiger partial charge in [0.1, 0.15) is 6.10 Å². The summed E-state index contributed by atoms with van der Waals surface area (Å²) in [5.41, 5.74) is 9.65. The topological polar surface area (TPSA) is 72.8 Å². The molecule has 0 saturated heterocycles. The molecule has 0 radical (unpaired) electrons. The van der Waals surface area contributed by atoms with Crippen molar-refractivity contribution in [1.82, 2.24) is 5.48 Å². The molecular formula is C33H38N2O3. The summed E-state index contributed by atoms with van der Waals surface area (Å²) in [5, 5.41) is 20.0. The Bertz CT molecular complexity index is 1380. The minimum absolute atomic E-state index is 0.0134. The Morgan fingerprint density at radius 2 is 1.63 bits per heavy atom. The van der Waals surface area contributed by atoms with E-state index in [1.165, 1.54) is 22.3 Å². The fourth-order valence-corrected chi connectivity index (χ4v) is 5.29. The maximum Gasteiger partial charge on any atom is 0.274 e. The van der Waals surface area contributed by atoms with Crippen molar-refractivity contribution in [1.29, 1.82) is 0 Å². The molecule has 38 heavy (non-hydrogen) atoms. The van der Waals surface area contributed by atoms with Crippen LogP contribution in [0.2, 0.25) is 0 Å². The van der Waals surface area contributed by atoms with Gasteiger partial charge < -0.3 is 10.0 Å². The number of hydrogen-bond donors (Lipinski definition) is 3. The van der Waals surface area contributed by atoms with Crippen LogP contribution in [0.4, 0.5) is 5.69 Å². The number of aryl methyl sites for hydroxylation is 1. The number of nitrogens with zero attached hydrogens (tertiary/aromatic N) is 1. The lowest BCUT2D eigenvalue weighted by atomic mass is 9.62. The summed E-state index contributed by atoms with van der Waals surface area (Å²) in [6.07, 6.45) is 1.21.